The van der Waals surface area contributed by atoms with Crippen molar-refractivity contribution in [1.29, 1.82) is 0 Å². The molecule has 0 amide bonds. The first-order valence-corrected chi connectivity index (χ1v) is 5.26. The van der Waals surface area contributed by atoms with Gasteiger partial charge in [0.1, 0.15) is 0 Å². The van der Waals surface area contributed by atoms with Crippen LogP contribution in [0.2, 0.25) is 0 Å². The summed E-state index contributed by atoms with van der Waals surface area (Å²) in [6, 6.07) is 4.72. The fourth-order valence-corrected chi connectivity index (χ4v) is 2.21. The van der Waals surface area contributed by atoms with Gasteiger partial charge in [-0.1, -0.05) is 6.07 Å². The molecule has 0 unspecified atom stereocenters. The molecular formula is C11H17N3. The van der Waals surface area contributed by atoms with Gasteiger partial charge in [0, 0.05) is 31.5 Å². The van der Waals surface area contributed by atoms with E-state index >= 15 is 0 Å². The number of pyridine rings is 1. The minimum Gasteiger partial charge on any atom is -0.329 e. The lowest BCUT2D eigenvalue weighted by Crippen LogP contribution is -2.29. The summed E-state index contributed by atoms with van der Waals surface area (Å²) in [5.74, 6) is 0. The van der Waals surface area contributed by atoms with Gasteiger partial charge in [-0.2, -0.15) is 0 Å². The maximum absolute atomic E-state index is 5.59. The molecular weight excluding hydrogens is 174 g/mol. The van der Waals surface area contributed by atoms with Crippen LogP contribution in [0, 0.1) is 0 Å². The van der Waals surface area contributed by atoms with Gasteiger partial charge in [-0.15, -0.1) is 0 Å². The largest absolute Gasteiger partial charge is 0.329 e. The number of aromatic nitrogens is 1. The third-order valence-corrected chi connectivity index (χ3v) is 2.85. The van der Waals surface area contributed by atoms with Crippen molar-refractivity contribution in [3.8, 4) is 0 Å². The molecule has 76 valence electrons. The summed E-state index contributed by atoms with van der Waals surface area (Å²) in [4.78, 5) is 6.62. The smallest absolute Gasteiger partial charge is 0.0364 e. The van der Waals surface area contributed by atoms with E-state index in [4.69, 9.17) is 5.73 Å². The van der Waals surface area contributed by atoms with Crippen LogP contribution < -0.4 is 5.73 Å². The number of likely N-dealkylation sites (tertiary alicyclic amines) is 1. The lowest BCUT2D eigenvalue weighted by molar-refractivity contribution is 0.264. The molecule has 0 radical (unpaired) electrons. The molecule has 1 aromatic rings. The molecule has 0 aromatic carbocycles. The van der Waals surface area contributed by atoms with Gasteiger partial charge in [-0.05, 0) is 31.0 Å². The highest BCUT2D eigenvalue weighted by Gasteiger charge is 2.24. The number of hydrogen-bond donors (Lipinski definition) is 1. The standard InChI is InChI=1S/C11H17N3/c12-5-8-14-7-2-4-11(14)10-3-1-6-13-9-10/h1,3,6,9,11H,2,4-5,7-8,12H2/t11-/m1/s1. The molecule has 3 nitrogen and oxygen atoms in total. The average Bonchev–Trinajstić information content (AvgIpc) is 2.68. The van der Waals surface area contributed by atoms with Gasteiger partial charge in [0.15, 0.2) is 0 Å². The van der Waals surface area contributed by atoms with Crippen molar-refractivity contribution in [2.24, 2.45) is 5.73 Å². The minimum atomic E-state index is 0.548. The highest BCUT2D eigenvalue weighted by atomic mass is 15.2. The number of rotatable bonds is 3. The fourth-order valence-electron chi connectivity index (χ4n) is 2.21. The molecule has 1 aliphatic heterocycles. The van der Waals surface area contributed by atoms with Gasteiger partial charge >= 0.3 is 0 Å². The van der Waals surface area contributed by atoms with Crippen LogP contribution in [0.25, 0.3) is 0 Å². The van der Waals surface area contributed by atoms with E-state index in [1.807, 2.05) is 18.5 Å². The zero-order valence-corrected chi connectivity index (χ0v) is 8.39. The molecule has 3 heteroatoms. The predicted molar refractivity (Wildman–Crippen MR) is 56.8 cm³/mol. The van der Waals surface area contributed by atoms with Crippen molar-refractivity contribution < 1.29 is 0 Å². The molecule has 2 rings (SSSR count). The maximum atomic E-state index is 5.59. The third-order valence-electron chi connectivity index (χ3n) is 2.85. The second-order valence-corrected chi connectivity index (χ2v) is 3.77. The van der Waals surface area contributed by atoms with E-state index in [1.165, 1.54) is 24.9 Å². The molecule has 1 aromatic heterocycles. The monoisotopic (exact) mass is 191 g/mol. The lowest BCUT2D eigenvalue weighted by atomic mass is 10.1. The second kappa shape index (κ2) is 4.53. The van der Waals surface area contributed by atoms with Crippen LogP contribution in [0.4, 0.5) is 0 Å². The first-order chi connectivity index (χ1) is 6.92. The first kappa shape index (κ1) is 9.62. The van der Waals surface area contributed by atoms with Crippen molar-refractivity contribution >= 4 is 0 Å². The maximum Gasteiger partial charge on any atom is 0.0364 e. The van der Waals surface area contributed by atoms with Gasteiger partial charge in [-0.3, -0.25) is 9.88 Å². The van der Waals surface area contributed by atoms with E-state index in [0.29, 0.717) is 6.04 Å². The van der Waals surface area contributed by atoms with E-state index in [0.717, 1.165) is 13.1 Å². The van der Waals surface area contributed by atoms with Crippen molar-refractivity contribution in [3.63, 3.8) is 0 Å². The Morgan fingerprint density at radius 3 is 3.21 bits per heavy atom. The predicted octanol–water partition coefficient (Wildman–Crippen LogP) is 1.18. The zero-order chi connectivity index (χ0) is 9.80. The summed E-state index contributed by atoms with van der Waals surface area (Å²) >= 11 is 0. The number of nitrogens with zero attached hydrogens (tertiary/aromatic N) is 2. The lowest BCUT2D eigenvalue weighted by Gasteiger charge is -2.23. The van der Waals surface area contributed by atoms with Gasteiger partial charge in [-0.25, -0.2) is 0 Å². The zero-order valence-electron chi connectivity index (χ0n) is 8.39. The van der Waals surface area contributed by atoms with Crippen molar-refractivity contribution in [3.05, 3.63) is 30.1 Å². The molecule has 1 atom stereocenters. The van der Waals surface area contributed by atoms with E-state index in [9.17, 15) is 0 Å². The van der Waals surface area contributed by atoms with E-state index in [2.05, 4.69) is 16.0 Å². The van der Waals surface area contributed by atoms with Crippen molar-refractivity contribution in [1.82, 2.24) is 9.88 Å². The summed E-state index contributed by atoms with van der Waals surface area (Å²) in [6.07, 6.45) is 6.32. The molecule has 2 heterocycles. The summed E-state index contributed by atoms with van der Waals surface area (Å²) < 4.78 is 0. The highest BCUT2D eigenvalue weighted by molar-refractivity contribution is 5.15. The Labute approximate surface area is 84.9 Å². The van der Waals surface area contributed by atoms with Crippen LogP contribution in [0.3, 0.4) is 0 Å². The molecule has 0 spiro atoms. The molecule has 1 fully saturated rings. The normalized spacial score (nSPS) is 22.8. The van der Waals surface area contributed by atoms with Crippen LogP contribution >= 0.6 is 0 Å². The Bertz CT molecular complexity index is 273. The Morgan fingerprint density at radius 1 is 1.57 bits per heavy atom. The third kappa shape index (κ3) is 1.94. The molecule has 1 saturated heterocycles. The van der Waals surface area contributed by atoms with Gasteiger partial charge in [0.2, 0.25) is 0 Å². The average molecular weight is 191 g/mol. The molecule has 0 aliphatic carbocycles. The first-order valence-electron chi connectivity index (χ1n) is 5.26. The van der Waals surface area contributed by atoms with Crippen LogP contribution in [-0.2, 0) is 0 Å². The summed E-state index contributed by atoms with van der Waals surface area (Å²) in [5, 5.41) is 0. The number of hydrogen-bond acceptors (Lipinski definition) is 3. The Morgan fingerprint density at radius 2 is 2.50 bits per heavy atom. The molecule has 14 heavy (non-hydrogen) atoms. The minimum absolute atomic E-state index is 0.548. The summed E-state index contributed by atoms with van der Waals surface area (Å²) in [5.41, 5.74) is 6.92. The van der Waals surface area contributed by atoms with Crippen LogP contribution in [0.5, 0.6) is 0 Å². The van der Waals surface area contributed by atoms with Crippen LogP contribution in [-0.4, -0.2) is 29.5 Å². The van der Waals surface area contributed by atoms with Gasteiger partial charge < -0.3 is 5.73 Å². The van der Waals surface area contributed by atoms with E-state index < -0.39 is 0 Å². The van der Waals surface area contributed by atoms with E-state index in [-0.39, 0.29) is 0 Å². The molecule has 1 aliphatic rings. The fraction of sp³-hybridized carbons (Fsp3) is 0.545. The number of nitrogens with two attached hydrogens (primary N) is 1. The summed E-state index contributed by atoms with van der Waals surface area (Å²) in [6.45, 7) is 2.92. The topological polar surface area (TPSA) is 42.1 Å². The highest BCUT2D eigenvalue weighted by Crippen LogP contribution is 2.30. The van der Waals surface area contributed by atoms with Crippen molar-refractivity contribution in [2.45, 2.75) is 18.9 Å². The van der Waals surface area contributed by atoms with Crippen LogP contribution in [0.1, 0.15) is 24.4 Å². The second-order valence-electron chi connectivity index (χ2n) is 3.77. The quantitative estimate of drug-likeness (QED) is 0.780. The molecule has 0 saturated carbocycles. The SMILES string of the molecule is NCCN1CCC[C@@H]1c1cccnc1. The van der Waals surface area contributed by atoms with Crippen molar-refractivity contribution in [2.75, 3.05) is 19.6 Å². The van der Waals surface area contributed by atoms with E-state index in [1.54, 1.807) is 0 Å². The van der Waals surface area contributed by atoms with Gasteiger partial charge in [0.05, 0.1) is 0 Å². The summed E-state index contributed by atoms with van der Waals surface area (Å²) in [7, 11) is 0. The molecule has 2 N–H and O–H groups in total. The molecule has 0 bridgehead atoms. The van der Waals surface area contributed by atoms with Crippen LogP contribution in [0.15, 0.2) is 24.5 Å². The Kier molecular flexibility index (Phi) is 3.11. The Hall–Kier alpha value is -0.930. The van der Waals surface area contributed by atoms with Gasteiger partial charge in [0.25, 0.3) is 0 Å². The Balaban J connectivity index is 2.10.